The summed E-state index contributed by atoms with van der Waals surface area (Å²) >= 11 is 0. The number of H-pyrrole nitrogens is 1. The van der Waals surface area contributed by atoms with E-state index in [4.69, 9.17) is 0 Å². The molecule has 7 heteroatoms. The average molecular weight is 352 g/mol. The Hall–Kier alpha value is -2.67. The van der Waals surface area contributed by atoms with E-state index in [1.54, 1.807) is 17.1 Å². The van der Waals surface area contributed by atoms with Gasteiger partial charge in [-0.1, -0.05) is 0 Å². The Labute approximate surface area is 152 Å². The van der Waals surface area contributed by atoms with Gasteiger partial charge in [0.2, 0.25) is 5.91 Å². The zero-order chi connectivity index (χ0) is 18.1. The van der Waals surface area contributed by atoms with Gasteiger partial charge in [-0.2, -0.15) is 5.10 Å². The van der Waals surface area contributed by atoms with Crippen molar-refractivity contribution in [3.05, 3.63) is 48.0 Å². The van der Waals surface area contributed by atoms with Gasteiger partial charge in [-0.3, -0.25) is 9.48 Å². The lowest BCUT2D eigenvalue weighted by atomic mass is 9.89. The van der Waals surface area contributed by atoms with Crippen LogP contribution in [0.25, 0.3) is 11.0 Å². The number of aromatic amines is 1. The van der Waals surface area contributed by atoms with Gasteiger partial charge in [0.1, 0.15) is 11.7 Å². The number of carbonyl (C=O) groups is 1. The Morgan fingerprint density at radius 1 is 1.38 bits per heavy atom. The molecule has 26 heavy (non-hydrogen) atoms. The molecule has 0 aromatic carbocycles. The van der Waals surface area contributed by atoms with Gasteiger partial charge in [0.15, 0.2) is 0 Å². The molecule has 1 aliphatic heterocycles. The number of rotatable bonds is 4. The number of aromatic nitrogens is 4. The summed E-state index contributed by atoms with van der Waals surface area (Å²) < 4.78 is 1.73. The molecule has 136 valence electrons. The van der Waals surface area contributed by atoms with Crippen LogP contribution in [0.4, 0.5) is 0 Å². The third-order valence-corrected chi connectivity index (χ3v) is 5.32. The zero-order valence-electron chi connectivity index (χ0n) is 15.1. The highest BCUT2D eigenvalue weighted by Gasteiger charge is 2.30. The summed E-state index contributed by atoms with van der Waals surface area (Å²) in [4.78, 5) is 22.6. The van der Waals surface area contributed by atoms with Crippen LogP contribution >= 0.6 is 0 Å². The molecule has 0 aliphatic carbocycles. The van der Waals surface area contributed by atoms with E-state index in [0.717, 1.165) is 37.1 Å². The van der Waals surface area contributed by atoms with Gasteiger partial charge >= 0.3 is 0 Å². The number of nitrogens with zero attached hydrogens (tertiary/aromatic N) is 4. The number of piperidine rings is 1. The summed E-state index contributed by atoms with van der Waals surface area (Å²) in [7, 11) is 3.68. The van der Waals surface area contributed by atoms with E-state index in [1.165, 1.54) is 10.9 Å². The van der Waals surface area contributed by atoms with Crippen molar-refractivity contribution in [1.82, 2.24) is 30.0 Å². The number of pyridine rings is 1. The standard InChI is InChI=1S/C19H24N6O/c1-20-17(14-10-23-24(2)12-14)19(26)25-8-5-13(6-9-25)16-11-22-18-15(16)4-3-7-21-18/h3-4,7,10-13,17,20H,5-6,8-9H2,1-2H3,(H,21,22). The Morgan fingerprint density at radius 3 is 2.88 bits per heavy atom. The van der Waals surface area contributed by atoms with E-state index in [9.17, 15) is 4.79 Å². The second-order valence-electron chi connectivity index (χ2n) is 6.91. The number of likely N-dealkylation sites (N-methyl/N-ethyl adjacent to an activating group) is 1. The number of amides is 1. The highest BCUT2D eigenvalue weighted by molar-refractivity contribution is 5.83. The normalized spacial score (nSPS) is 16.9. The van der Waals surface area contributed by atoms with Crippen molar-refractivity contribution in [2.24, 2.45) is 7.05 Å². The minimum absolute atomic E-state index is 0.125. The van der Waals surface area contributed by atoms with Crippen molar-refractivity contribution in [1.29, 1.82) is 0 Å². The molecule has 7 nitrogen and oxygen atoms in total. The Balaban J connectivity index is 1.45. The van der Waals surface area contributed by atoms with E-state index >= 15 is 0 Å². The van der Waals surface area contributed by atoms with E-state index in [2.05, 4.69) is 32.6 Å². The van der Waals surface area contributed by atoms with E-state index in [1.807, 2.05) is 31.3 Å². The molecule has 1 saturated heterocycles. The molecular weight excluding hydrogens is 328 g/mol. The van der Waals surface area contributed by atoms with Crippen LogP contribution in [0.15, 0.2) is 36.9 Å². The molecule has 4 rings (SSSR count). The summed E-state index contributed by atoms with van der Waals surface area (Å²) in [5, 5.41) is 8.51. The van der Waals surface area contributed by atoms with Gasteiger partial charge in [0.25, 0.3) is 0 Å². The number of fused-ring (bicyclic) bond motifs is 1. The molecule has 3 aromatic heterocycles. The third kappa shape index (κ3) is 2.99. The molecule has 3 aromatic rings. The van der Waals surface area contributed by atoms with E-state index < -0.39 is 0 Å². The molecule has 4 heterocycles. The fraction of sp³-hybridized carbons (Fsp3) is 0.421. The summed E-state index contributed by atoms with van der Waals surface area (Å²) in [6.07, 6.45) is 9.47. The molecule has 1 aliphatic rings. The number of carbonyl (C=O) groups excluding carboxylic acids is 1. The van der Waals surface area contributed by atoms with Crippen molar-refractivity contribution in [2.45, 2.75) is 24.8 Å². The van der Waals surface area contributed by atoms with Crippen molar-refractivity contribution in [3.8, 4) is 0 Å². The Morgan fingerprint density at radius 2 is 2.19 bits per heavy atom. The fourth-order valence-electron chi connectivity index (χ4n) is 3.93. The lowest BCUT2D eigenvalue weighted by molar-refractivity contribution is -0.134. The van der Waals surface area contributed by atoms with Crippen LogP contribution < -0.4 is 5.32 Å². The summed E-state index contributed by atoms with van der Waals surface area (Å²) in [6, 6.07) is 3.76. The van der Waals surface area contributed by atoms with Crippen LogP contribution in [-0.4, -0.2) is 50.7 Å². The van der Waals surface area contributed by atoms with Crippen LogP contribution in [0, 0.1) is 0 Å². The molecule has 0 spiro atoms. The van der Waals surface area contributed by atoms with Crippen molar-refractivity contribution < 1.29 is 4.79 Å². The van der Waals surface area contributed by atoms with Gasteiger partial charge in [-0.05, 0) is 43.5 Å². The first-order valence-corrected chi connectivity index (χ1v) is 9.04. The number of nitrogens with one attached hydrogen (secondary N) is 2. The maximum absolute atomic E-state index is 13.0. The predicted octanol–water partition coefficient (Wildman–Crippen LogP) is 1.96. The largest absolute Gasteiger partial charge is 0.346 e. The van der Waals surface area contributed by atoms with Gasteiger partial charge in [-0.25, -0.2) is 4.98 Å². The monoisotopic (exact) mass is 352 g/mol. The topological polar surface area (TPSA) is 78.8 Å². The lowest BCUT2D eigenvalue weighted by Crippen LogP contribution is -2.43. The average Bonchev–Trinajstić information content (AvgIpc) is 3.29. The highest BCUT2D eigenvalue weighted by Crippen LogP contribution is 2.33. The summed E-state index contributed by atoms with van der Waals surface area (Å²) in [6.45, 7) is 1.55. The zero-order valence-corrected chi connectivity index (χ0v) is 15.1. The number of hydrogen-bond acceptors (Lipinski definition) is 4. The number of aryl methyl sites for hydroxylation is 1. The molecule has 0 saturated carbocycles. The van der Waals surface area contributed by atoms with E-state index in [0.29, 0.717) is 5.92 Å². The lowest BCUT2D eigenvalue weighted by Gasteiger charge is -2.34. The van der Waals surface area contributed by atoms with Crippen LogP contribution in [0.3, 0.4) is 0 Å². The highest BCUT2D eigenvalue weighted by atomic mass is 16.2. The molecule has 1 atom stereocenters. The van der Waals surface area contributed by atoms with Crippen molar-refractivity contribution >= 4 is 16.9 Å². The minimum atomic E-state index is -0.336. The predicted molar refractivity (Wildman–Crippen MR) is 99.7 cm³/mol. The molecule has 1 fully saturated rings. The molecule has 0 radical (unpaired) electrons. The van der Waals surface area contributed by atoms with Crippen LogP contribution in [0.2, 0.25) is 0 Å². The number of likely N-dealkylation sites (tertiary alicyclic amines) is 1. The maximum atomic E-state index is 13.0. The first-order chi connectivity index (χ1) is 12.7. The minimum Gasteiger partial charge on any atom is -0.346 e. The first kappa shape index (κ1) is 16.8. The molecule has 1 amide bonds. The first-order valence-electron chi connectivity index (χ1n) is 9.04. The van der Waals surface area contributed by atoms with Gasteiger partial charge < -0.3 is 15.2 Å². The molecule has 1 unspecified atom stereocenters. The van der Waals surface area contributed by atoms with Crippen LogP contribution in [-0.2, 0) is 11.8 Å². The van der Waals surface area contributed by atoms with Crippen LogP contribution in [0.5, 0.6) is 0 Å². The van der Waals surface area contributed by atoms with Gasteiger partial charge in [0, 0.05) is 49.7 Å². The number of hydrogen-bond donors (Lipinski definition) is 2. The smallest absolute Gasteiger partial charge is 0.244 e. The van der Waals surface area contributed by atoms with Crippen molar-refractivity contribution in [2.75, 3.05) is 20.1 Å². The molecule has 0 bridgehead atoms. The summed E-state index contributed by atoms with van der Waals surface area (Å²) in [5.74, 6) is 0.586. The van der Waals surface area contributed by atoms with E-state index in [-0.39, 0.29) is 11.9 Å². The molecular formula is C19H24N6O. The second-order valence-corrected chi connectivity index (χ2v) is 6.91. The SMILES string of the molecule is CNC(C(=O)N1CCC(c2c[nH]c3ncccc23)CC1)c1cnn(C)c1. The Bertz CT molecular complexity index is 906. The third-order valence-electron chi connectivity index (χ3n) is 5.32. The molecule has 2 N–H and O–H groups in total. The fourth-order valence-corrected chi connectivity index (χ4v) is 3.93. The quantitative estimate of drug-likeness (QED) is 0.752. The summed E-state index contributed by atoms with van der Waals surface area (Å²) in [5.41, 5.74) is 3.16. The Kier molecular flexibility index (Phi) is 4.46. The van der Waals surface area contributed by atoms with Crippen LogP contribution in [0.1, 0.15) is 35.9 Å². The van der Waals surface area contributed by atoms with Gasteiger partial charge in [0.05, 0.1) is 6.20 Å². The van der Waals surface area contributed by atoms with Crippen molar-refractivity contribution in [3.63, 3.8) is 0 Å². The maximum Gasteiger partial charge on any atom is 0.244 e. The second kappa shape index (κ2) is 6.92. The van der Waals surface area contributed by atoms with Gasteiger partial charge in [-0.15, -0.1) is 0 Å².